The molecule has 0 saturated carbocycles. The Kier molecular flexibility index (Phi) is 4.37. The van der Waals surface area contributed by atoms with Crippen molar-refractivity contribution in [3.8, 4) is 0 Å². The molecule has 0 aliphatic heterocycles. The average Bonchev–Trinajstić information content (AvgIpc) is 2.34. The van der Waals surface area contributed by atoms with Crippen LogP contribution in [-0.2, 0) is 0 Å². The molecule has 0 bridgehead atoms. The number of hydrogen-bond acceptors (Lipinski definition) is 3. The third kappa shape index (κ3) is 3.10. The van der Waals surface area contributed by atoms with Crippen LogP contribution in [0.15, 0.2) is 50.9 Å². The van der Waals surface area contributed by atoms with E-state index in [1.807, 2.05) is 25.1 Å². The third-order valence-corrected chi connectivity index (χ3v) is 3.95. The summed E-state index contributed by atoms with van der Waals surface area (Å²) in [5.41, 5.74) is 6.65. The van der Waals surface area contributed by atoms with Crippen molar-refractivity contribution in [1.82, 2.24) is 4.98 Å². The SMILES string of the molecule is C[C@H](N)c1cccc(F)c1Sc1ccc(Br)cn1. The van der Waals surface area contributed by atoms with Gasteiger partial charge in [0.15, 0.2) is 0 Å². The van der Waals surface area contributed by atoms with E-state index in [1.54, 1.807) is 12.3 Å². The van der Waals surface area contributed by atoms with Gasteiger partial charge in [0.05, 0.1) is 4.90 Å². The second kappa shape index (κ2) is 5.82. The van der Waals surface area contributed by atoms with Crippen LogP contribution in [0.2, 0.25) is 0 Å². The van der Waals surface area contributed by atoms with E-state index in [0.29, 0.717) is 4.90 Å². The molecule has 2 N–H and O–H groups in total. The smallest absolute Gasteiger partial charge is 0.137 e. The maximum absolute atomic E-state index is 13.9. The molecule has 1 aromatic carbocycles. The number of aromatic nitrogens is 1. The minimum absolute atomic E-state index is 0.210. The van der Waals surface area contributed by atoms with Crippen molar-refractivity contribution in [3.63, 3.8) is 0 Å². The average molecular weight is 327 g/mol. The fraction of sp³-hybridized carbons (Fsp3) is 0.154. The molecule has 2 rings (SSSR count). The summed E-state index contributed by atoms with van der Waals surface area (Å²) < 4.78 is 14.8. The molecule has 0 aliphatic rings. The topological polar surface area (TPSA) is 38.9 Å². The number of benzene rings is 1. The van der Waals surface area contributed by atoms with E-state index in [9.17, 15) is 4.39 Å². The van der Waals surface area contributed by atoms with Crippen LogP contribution in [0.1, 0.15) is 18.5 Å². The van der Waals surface area contributed by atoms with Crippen molar-refractivity contribution >= 4 is 27.7 Å². The fourth-order valence-corrected chi connectivity index (χ4v) is 2.74. The summed E-state index contributed by atoms with van der Waals surface area (Å²) in [5.74, 6) is -0.264. The molecule has 1 atom stereocenters. The van der Waals surface area contributed by atoms with Crippen molar-refractivity contribution in [2.75, 3.05) is 0 Å². The zero-order valence-corrected chi connectivity index (χ0v) is 12.1. The van der Waals surface area contributed by atoms with Gasteiger partial charge >= 0.3 is 0 Å². The molecule has 5 heteroatoms. The number of pyridine rings is 1. The third-order valence-electron chi connectivity index (χ3n) is 2.39. The number of rotatable bonds is 3. The summed E-state index contributed by atoms with van der Waals surface area (Å²) in [5, 5.41) is 0.741. The molecule has 1 heterocycles. The van der Waals surface area contributed by atoms with Crippen LogP contribution < -0.4 is 5.73 Å². The quantitative estimate of drug-likeness (QED) is 0.920. The first-order chi connectivity index (χ1) is 8.58. The Bertz CT molecular complexity index is 543. The summed E-state index contributed by atoms with van der Waals surface area (Å²) >= 11 is 4.61. The lowest BCUT2D eigenvalue weighted by Gasteiger charge is -2.12. The first-order valence-corrected chi connectivity index (χ1v) is 7.02. The van der Waals surface area contributed by atoms with Gasteiger partial charge in [-0.3, -0.25) is 0 Å². The zero-order valence-electron chi connectivity index (χ0n) is 9.73. The summed E-state index contributed by atoms with van der Waals surface area (Å²) in [4.78, 5) is 4.77. The second-order valence-corrected chi connectivity index (χ2v) is 5.81. The standard InChI is InChI=1S/C13H12BrFN2S/c1-8(16)10-3-2-4-11(15)13(10)18-12-6-5-9(14)7-17-12/h2-8H,16H2,1H3/t8-/m0/s1. The van der Waals surface area contributed by atoms with E-state index in [0.717, 1.165) is 15.1 Å². The van der Waals surface area contributed by atoms with Crippen molar-refractivity contribution in [3.05, 3.63) is 52.4 Å². The normalized spacial score (nSPS) is 12.4. The highest BCUT2D eigenvalue weighted by Gasteiger charge is 2.13. The van der Waals surface area contributed by atoms with E-state index in [1.165, 1.54) is 17.8 Å². The van der Waals surface area contributed by atoms with Crippen LogP contribution in [0.3, 0.4) is 0 Å². The molecular formula is C13H12BrFN2S. The lowest BCUT2D eigenvalue weighted by Crippen LogP contribution is -2.07. The van der Waals surface area contributed by atoms with Gasteiger partial charge < -0.3 is 5.73 Å². The first kappa shape index (κ1) is 13.5. The predicted octanol–water partition coefficient (Wildman–Crippen LogP) is 4.15. The van der Waals surface area contributed by atoms with Gasteiger partial charge in [-0.05, 0) is 46.6 Å². The maximum Gasteiger partial charge on any atom is 0.137 e. The largest absolute Gasteiger partial charge is 0.324 e. The molecule has 0 amide bonds. The van der Waals surface area contributed by atoms with Crippen LogP contribution in [-0.4, -0.2) is 4.98 Å². The summed E-state index contributed by atoms with van der Waals surface area (Å²) in [6.07, 6.45) is 1.69. The molecule has 1 aromatic heterocycles. The Hall–Kier alpha value is -0.910. The zero-order chi connectivity index (χ0) is 13.1. The molecular weight excluding hydrogens is 315 g/mol. The van der Waals surface area contributed by atoms with Gasteiger partial charge in [-0.2, -0.15) is 0 Å². The molecule has 2 nitrogen and oxygen atoms in total. The van der Waals surface area contributed by atoms with Crippen LogP contribution >= 0.6 is 27.7 Å². The van der Waals surface area contributed by atoms with Crippen LogP contribution in [0.4, 0.5) is 4.39 Å². The molecule has 0 unspecified atom stereocenters. The minimum Gasteiger partial charge on any atom is -0.324 e. The lowest BCUT2D eigenvalue weighted by molar-refractivity contribution is 0.591. The van der Waals surface area contributed by atoms with Gasteiger partial charge in [0.2, 0.25) is 0 Å². The Morgan fingerprint density at radius 2 is 2.11 bits per heavy atom. The van der Waals surface area contributed by atoms with Crippen molar-refractivity contribution in [2.24, 2.45) is 5.73 Å². The van der Waals surface area contributed by atoms with E-state index >= 15 is 0 Å². The van der Waals surface area contributed by atoms with Gasteiger partial charge in [0.1, 0.15) is 10.8 Å². The van der Waals surface area contributed by atoms with Gasteiger partial charge in [-0.25, -0.2) is 9.37 Å². The van der Waals surface area contributed by atoms with Crippen LogP contribution in [0.5, 0.6) is 0 Å². The van der Waals surface area contributed by atoms with E-state index in [2.05, 4.69) is 20.9 Å². The summed E-state index contributed by atoms with van der Waals surface area (Å²) in [7, 11) is 0. The molecule has 0 radical (unpaired) electrons. The van der Waals surface area contributed by atoms with Gasteiger partial charge in [-0.15, -0.1) is 0 Å². The number of halogens is 2. The number of hydrogen-bond donors (Lipinski definition) is 1. The minimum atomic E-state index is -0.264. The molecule has 0 fully saturated rings. The highest BCUT2D eigenvalue weighted by atomic mass is 79.9. The van der Waals surface area contributed by atoms with Crippen molar-refractivity contribution in [1.29, 1.82) is 0 Å². The fourth-order valence-electron chi connectivity index (χ4n) is 1.52. The van der Waals surface area contributed by atoms with Crippen molar-refractivity contribution in [2.45, 2.75) is 22.9 Å². The van der Waals surface area contributed by atoms with E-state index in [-0.39, 0.29) is 11.9 Å². The lowest BCUT2D eigenvalue weighted by atomic mass is 10.1. The first-order valence-electron chi connectivity index (χ1n) is 5.41. The molecule has 0 spiro atoms. The molecule has 0 aliphatic carbocycles. The van der Waals surface area contributed by atoms with E-state index in [4.69, 9.17) is 5.73 Å². The Balaban J connectivity index is 2.36. The van der Waals surface area contributed by atoms with Crippen LogP contribution in [0, 0.1) is 5.82 Å². The Morgan fingerprint density at radius 1 is 1.33 bits per heavy atom. The van der Waals surface area contributed by atoms with Gasteiger partial charge in [0, 0.05) is 16.7 Å². The second-order valence-electron chi connectivity index (χ2n) is 3.86. The highest BCUT2D eigenvalue weighted by molar-refractivity contribution is 9.10. The summed E-state index contributed by atoms with van der Waals surface area (Å²) in [6.45, 7) is 1.84. The van der Waals surface area contributed by atoms with E-state index < -0.39 is 0 Å². The number of nitrogens with zero attached hydrogens (tertiary/aromatic N) is 1. The molecule has 2 aromatic rings. The van der Waals surface area contributed by atoms with Gasteiger partial charge in [-0.1, -0.05) is 23.9 Å². The maximum atomic E-state index is 13.9. The highest BCUT2D eigenvalue weighted by Crippen LogP contribution is 2.34. The van der Waals surface area contributed by atoms with Gasteiger partial charge in [0.25, 0.3) is 0 Å². The molecule has 0 saturated heterocycles. The Labute approximate surface area is 118 Å². The predicted molar refractivity (Wildman–Crippen MR) is 75.1 cm³/mol. The summed E-state index contributed by atoms with van der Waals surface area (Å²) in [6, 6.07) is 8.46. The molecule has 94 valence electrons. The van der Waals surface area contributed by atoms with Crippen molar-refractivity contribution < 1.29 is 4.39 Å². The molecule has 18 heavy (non-hydrogen) atoms. The monoisotopic (exact) mass is 326 g/mol. The van der Waals surface area contributed by atoms with Crippen LogP contribution in [0.25, 0.3) is 0 Å². The Morgan fingerprint density at radius 3 is 2.72 bits per heavy atom. The number of nitrogens with two attached hydrogens (primary N) is 1.